The highest BCUT2D eigenvalue weighted by atomic mass is 28.4. The van der Waals surface area contributed by atoms with E-state index in [1.165, 1.54) is 0 Å². The summed E-state index contributed by atoms with van der Waals surface area (Å²) in [5.41, 5.74) is 0.835. The van der Waals surface area contributed by atoms with Gasteiger partial charge in [-0.2, -0.15) is 0 Å². The van der Waals surface area contributed by atoms with Crippen LogP contribution in [0.3, 0.4) is 0 Å². The molecule has 0 heterocycles. The number of hydrogen-bond donors (Lipinski definition) is 0. The molecule has 18 heavy (non-hydrogen) atoms. The Labute approximate surface area is 112 Å². The third kappa shape index (κ3) is 3.42. The molecule has 0 aromatic carbocycles. The maximum Gasteiger partial charge on any atom is 0.193 e. The number of carbonyl (C=O) groups is 1. The molecule has 1 unspecified atom stereocenters. The lowest BCUT2D eigenvalue weighted by molar-refractivity contribution is -0.111. The first kappa shape index (κ1) is 15.4. The van der Waals surface area contributed by atoms with Gasteiger partial charge in [0.2, 0.25) is 0 Å². The first-order chi connectivity index (χ1) is 8.19. The Kier molecular flexibility index (Phi) is 4.73. The summed E-state index contributed by atoms with van der Waals surface area (Å²) in [5.74, 6) is 0.118. The van der Waals surface area contributed by atoms with Crippen molar-refractivity contribution in [2.45, 2.75) is 64.8 Å². The van der Waals surface area contributed by atoms with Gasteiger partial charge in [0.05, 0.1) is 6.10 Å². The summed E-state index contributed by atoms with van der Waals surface area (Å²) in [7, 11) is -1.82. The Morgan fingerprint density at radius 3 is 2.50 bits per heavy atom. The Balaban J connectivity index is 2.84. The van der Waals surface area contributed by atoms with Gasteiger partial charge in [-0.3, -0.25) is 4.79 Å². The fourth-order valence-electron chi connectivity index (χ4n) is 1.63. The largest absolute Gasteiger partial charge is 0.406 e. The van der Waals surface area contributed by atoms with E-state index >= 15 is 0 Å². The predicted molar refractivity (Wildman–Crippen MR) is 79.2 cm³/mol. The zero-order valence-electron chi connectivity index (χ0n) is 12.5. The maximum absolute atomic E-state index is 11.8. The summed E-state index contributed by atoms with van der Waals surface area (Å²) in [6.45, 7) is 13.2. The van der Waals surface area contributed by atoms with Crippen molar-refractivity contribution in [3.8, 4) is 0 Å². The number of carbonyl (C=O) groups excluding carboxylic acids is 1. The molecule has 1 aliphatic carbocycles. The van der Waals surface area contributed by atoms with Crippen LogP contribution in [0, 0.1) is 0 Å². The molecular formula is C15H26O2Si. The van der Waals surface area contributed by atoms with Crippen LogP contribution in [0.5, 0.6) is 0 Å². The van der Waals surface area contributed by atoms with Gasteiger partial charge in [0.25, 0.3) is 0 Å². The Morgan fingerprint density at radius 1 is 1.39 bits per heavy atom. The van der Waals surface area contributed by atoms with E-state index < -0.39 is 8.32 Å². The lowest BCUT2D eigenvalue weighted by atomic mass is 10.1. The molecule has 0 N–H and O–H groups in total. The molecule has 0 saturated heterocycles. The maximum atomic E-state index is 11.8. The van der Waals surface area contributed by atoms with Crippen LogP contribution < -0.4 is 0 Å². The second-order valence-electron chi connectivity index (χ2n) is 6.47. The Bertz CT molecular complexity index is 372. The first-order valence-corrected chi connectivity index (χ1v) is 9.70. The molecule has 1 atom stereocenters. The van der Waals surface area contributed by atoms with Crippen molar-refractivity contribution in [2.75, 3.05) is 0 Å². The molecule has 0 amide bonds. The minimum Gasteiger partial charge on any atom is -0.406 e. The number of rotatable bonds is 4. The molecule has 0 fully saturated rings. The number of ketones is 1. The van der Waals surface area contributed by atoms with Crippen molar-refractivity contribution in [3.05, 3.63) is 23.8 Å². The molecule has 2 nitrogen and oxygen atoms in total. The summed E-state index contributed by atoms with van der Waals surface area (Å²) < 4.78 is 6.31. The average Bonchev–Trinajstić information content (AvgIpc) is 2.55. The van der Waals surface area contributed by atoms with Gasteiger partial charge in [-0.25, -0.2) is 0 Å². The smallest absolute Gasteiger partial charge is 0.193 e. The Hall–Kier alpha value is -0.673. The first-order valence-electron chi connectivity index (χ1n) is 6.79. The zero-order chi connectivity index (χ0) is 14.0. The third-order valence-corrected chi connectivity index (χ3v) is 8.35. The predicted octanol–water partition coefficient (Wildman–Crippen LogP) is 4.24. The van der Waals surface area contributed by atoms with Gasteiger partial charge >= 0.3 is 0 Å². The second-order valence-corrected chi connectivity index (χ2v) is 11.2. The number of unbranched alkanes of at least 4 members (excludes halogenated alkanes) is 1. The number of hydrogen-bond acceptors (Lipinski definition) is 2. The lowest BCUT2D eigenvalue weighted by Gasteiger charge is -2.38. The van der Waals surface area contributed by atoms with E-state index in [4.69, 9.17) is 4.43 Å². The average molecular weight is 266 g/mol. The molecule has 3 heteroatoms. The van der Waals surface area contributed by atoms with Gasteiger partial charge in [0.15, 0.2) is 14.1 Å². The molecule has 0 aromatic rings. The summed E-state index contributed by atoms with van der Waals surface area (Å²) >= 11 is 0. The van der Waals surface area contributed by atoms with Gasteiger partial charge in [-0.1, -0.05) is 40.2 Å². The highest BCUT2D eigenvalue weighted by molar-refractivity contribution is 6.74. The van der Waals surface area contributed by atoms with E-state index in [-0.39, 0.29) is 16.9 Å². The van der Waals surface area contributed by atoms with E-state index in [9.17, 15) is 4.79 Å². The molecule has 102 valence electrons. The summed E-state index contributed by atoms with van der Waals surface area (Å²) in [6.07, 6.45) is 7.48. The van der Waals surface area contributed by atoms with Crippen LogP contribution in [0.15, 0.2) is 23.8 Å². The molecule has 1 rings (SSSR count). The molecular weight excluding hydrogens is 240 g/mol. The van der Waals surface area contributed by atoms with Crippen LogP contribution in [-0.4, -0.2) is 20.2 Å². The third-order valence-electron chi connectivity index (χ3n) is 3.89. The van der Waals surface area contributed by atoms with Gasteiger partial charge < -0.3 is 4.43 Å². The fraction of sp³-hybridized carbons (Fsp3) is 0.667. The summed E-state index contributed by atoms with van der Waals surface area (Å²) in [6, 6.07) is 0. The Morgan fingerprint density at radius 2 is 2.00 bits per heavy atom. The van der Waals surface area contributed by atoms with Crippen molar-refractivity contribution in [1.82, 2.24) is 0 Å². The summed E-state index contributed by atoms with van der Waals surface area (Å²) in [5, 5.41) is 0.169. The minimum absolute atomic E-state index is 0.118. The summed E-state index contributed by atoms with van der Waals surface area (Å²) in [4.78, 5) is 11.8. The van der Waals surface area contributed by atoms with Gasteiger partial charge in [-0.05, 0) is 36.7 Å². The fourth-order valence-corrected chi connectivity index (χ4v) is 2.82. The van der Waals surface area contributed by atoms with E-state index in [2.05, 4.69) is 40.8 Å². The van der Waals surface area contributed by atoms with Gasteiger partial charge in [0.1, 0.15) is 0 Å². The normalized spacial score (nSPS) is 23.1. The van der Waals surface area contributed by atoms with Crippen molar-refractivity contribution >= 4 is 14.1 Å². The molecule has 0 bridgehead atoms. The van der Waals surface area contributed by atoms with E-state index in [1.54, 1.807) is 6.08 Å². The van der Waals surface area contributed by atoms with Crippen LogP contribution in [-0.2, 0) is 9.22 Å². The van der Waals surface area contributed by atoms with Gasteiger partial charge in [-0.15, -0.1) is 0 Å². The van der Waals surface area contributed by atoms with E-state index in [0.29, 0.717) is 0 Å². The van der Waals surface area contributed by atoms with Crippen molar-refractivity contribution in [2.24, 2.45) is 0 Å². The monoisotopic (exact) mass is 266 g/mol. The minimum atomic E-state index is -1.82. The SMILES string of the molecule is CCC/C=C1/C(=O)C=CC1O[Si](C)(C)C(C)(C)C. The molecule has 0 aromatic heterocycles. The molecule has 0 aliphatic heterocycles. The number of allylic oxidation sites excluding steroid dienone is 2. The van der Waals surface area contributed by atoms with Crippen molar-refractivity contribution < 1.29 is 9.22 Å². The molecule has 0 spiro atoms. The lowest BCUT2D eigenvalue weighted by Crippen LogP contribution is -2.43. The zero-order valence-corrected chi connectivity index (χ0v) is 13.5. The highest BCUT2D eigenvalue weighted by Gasteiger charge is 2.40. The topological polar surface area (TPSA) is 26.3 Å². The van der Waals surface area contributed by atoms with Gasteiger partial charge in [0, 0.05) is 5.57 Å². The molecule has 1 aliphatic rings. The highest BCUT2D eigenvalue weighted by Crippen LogP contribution is 2.39. The van der Waals surface area contributed by atoms with E-state index in [0.717, 1.165) is 18.4 Å². The van der Waals surface area contributed by atoms with Crippen molar-refractivity contribution in [1.29, 1.82) is 0 Å². The molecule has 0 radical (unpaired) electrons. The van der Waals surface area contributed by atoms with Crippen LogP contribution in [0.4, 0.5) is 0 Å². The second kappa shape index (κ2) is 5.53. The van der Waals surface area contributed by atoms with Crippen LogP contribution in [0.1, 0.15) is 40.5 Å². The van der Waals surface area contributed by atoms with E-state index in [1.807, 2.05) is 12.2 Å². The molecule has 0 saturated carbocycles. The van der Waals surface area contributed by atoms with Crippen LogP contribution >= 0.6 is 0 Å². The standard InChI is InChI=1S/C15H26O2Si/c1-7-8-9-12-13(16)10-11-14(12)17-18(5,6)15(2,3)4/h9-11,14H,7-8H2,1-6H3/b12-9-. The van der Waals surface area contributed by atoms with Crippen LogP contribution in [0.2, 0.25) is 18.1 Å². The van der Waals surface area contributed by atoms with Crippen LogP contribution in [0.25, 0.3) is 0 Å². The quantitative estimate of drug-likeness (QED) is 0.562. The van der Waals surface area contributed by atoms with Crippen molar-refractivity contribution in [3.63, 3.8) is 0 Å².